The van der Waals surface area contributed by atoms with E-state index in [1.165, 1.54) is 19.3 Å². The van der Waals surface area contributed by atoms with Crippen LogP contribution >= 0.6 is 0 Å². The van der Waals surface area contributed by atoms with Crippen LogP contribution in [0.2, 0.25) is 0 Å². The summed E-state index contributed by atoms with van der Waals surface area (Å²) in [4.78, 5) is 25.6. The zero-order valence-electron chi connectivity index (χ0n) is 16.1. The molecule has 0 spiro atoms. The number of carbonyl (C=O) groups excluding carboxylic acids is 2. The molecule has 4 fully saturated rings. The summed E-state index contributed by atoms with van der Waals surface area (Å²) >= 11 is 0. The molecule has 4 aliphatic carbocycles. The topological polar surface area (TPSA) is 58.2 Å². The van der Waals surface area contributed by atoms with E-state index in [0.717, 1.165) is 42.7 Å². The van der Waals surface area contributed by atoms with E-state index in [1.54, 1.807) is 12.1 Å². The lowest BCUT2D eigenvalue weighted by Crippen LogP contribution is -2.51. The van der Waals surface area contributed by atoms with Crippen molar-refractivity contribution < 1.29 is 9.59 Å². The van der Waals surface area contributed by atoms with Crippen molar-refractivity contribution in [3.63, 3.8) is 0 Å². The van der Waals surface area contributed by atoms with Gasteiger partial charge in [0, 0.05) is 16.8 Å². The third-order valence-corrected chi connectivity index (χ3v) is 6.39. The maximum Gasteiger partial charge on any atom is 0.251 e. The van der Waals surface area contributed by atoms with Gasteiger partial charge >= 0.3 is 0 Å². The van der Waals surface area contributed by atoms with E-state index in [2.05, 4.69) is 10.6 Å². The molecule has 0 heterocycles. The van der Waals surface area contributed by atoms with Crippen molar-refractivity contribution in [2.45, 2.75) is 64.8 Å². The largest absolute Gasteiger partial charge is 0.347 e. The Morgan fingerprint density at radius 2 is 1.58 bits per heavy atom. The Bertz CT molecular complexity index is 697. The molecule has 4 aliphatic rings. The molecule has 140 valence electrons. The SMILES string of the molecule is CC(C)(C)NC(=O)c1cccc(NC(=O)C23CC4CC(CC(C4)C2)C3)c1. The molecule has 5 rings (SSSR count). The number of rotatable bonds is 3. The first kappa shape index (κ1) is 17.6. The molecule has 2 N–H and O–H groups in total. The molecule has 0 atom stereocenters. The van der Waals surface area contributed by atoms with Crippen LogP contribution in [0.4, 0.5) is 5.69 Å². The first-order valence-corrected chi connectivity index (χ1v) is 9.96. The molecule has 0 unspecified atom stereocenters. The van der Waals surface area contributed by atoms with Crippen molar-refractivity contribution in [2.75, 3.05) is 5.32 Å². The highest BCUT2D eigenvalue weighted by Crippen LogP contribution is 2.60. The zero-order valence-corrected chi connectivity index (χ0v) is 16.1. The van der Waals surface area contributed by atoms with Crippen LogP contribution in [0.1, 0.15) is 69.7 Å². The molecule has 0 saturated heterocycles. The molecular formula is C22H30N2O2. The second-order valence-electron chi connectivity index (χ2n) is 9.94. The summed E-state index contributed by atoms with van der Waals surface area (Å²) in [5.74, 6) is 2.30. The highest BCUT2D eigenvalue weighted by atomic mass is 16.2. The summed E-state index contributed by atoms with van der Waals surface area (Å²) in [6.07, 6.45) is 7.14. The smallest absolute Gasteiger partial charge is 0.251 e. The van der Waals surface area contributed by atoms with Crippen LogP contribution in [-0.2, 0) is 4.79 Å². The Kier molecular flexibility index (Phi) is 4.13. The van der Waals surface area contributed by atoms with E-state index in [9.17, 15) is 9.59 Å². The summed E-state index contributed by atoms with van der Waals surface area (Å²) in [5.41, 5.74) is 0.865. The van der Waals surface area contributed by atoms with Gasteiger partial charge in [0.05, 0.1) is 5.41 Å². The molecule has 0 aliphatic heterocycles. The fourth-order valence-electron chi connectivity index (χ4n) is 5.80. The van der Waals surface area contributed by atoms with Gasteiger partial charge in [-0.3, -0.25) is 9.59 Å². The molecular weight excluding hydrogens is 324 g/mol. The summed E-state index contributed by atoms with van der Waals surface area (Å²) < 4.78 is 0. The van der Waals surface area contributed by atoms with Crippen molar-refractivity contribution in [1.29, 1.82) is 0 Å². The lowest BCUT2D eigenvalue weighted by Gasteiger charge is -2.55. The van der Waals surface area contributed by atoms with Gasteiger partial charge in [-0.15, -0.1) is 0 Å². The fraction of sp³-hybridized carbons (Fsp3) is 0.636. The van der Waals surface area contributed by atoms with E-state index >= 15 is 0 Å². The summed E-state index contributed by atoms with van der Waals surface area (Å²) in [6.45, 7) is 5.89. The van der Waals surface area contributed by atoms with Crippen LogP contribution in [0.15, 0.2) is 24.3 Å². The molecule has 26 heavy (non-hydrogen) atoms. The van der Waals surface area contributed by atoms with E-state index in [4.69, 9.17) is 0 Å². The Hall–Kier alpha value is -1.84. The number of nitrogens with one attached hydrogen (secondary N) is 2. The highest BCUT2D eigenvalue weighted by molar-refractivity contribution is 5.99. The van der Waals surface area contributed by atoms with Gasteiger partial charge in [-0.2, -0.15) is 0 Å². The molecule has 4 bridgehead atoms. The normalized spacial score (nSPS) is 32.3. The fourth-order valence-corrected chi connectivity index (χ4v) is 5.80. The third kappa shape index (κ3) is 3.38. The summed E-state index contributed by atoms with van der Waals surface area (Å²) in [5, 5.41) is 6.11. The molecule has 0 radical (unpaired) electrons. The van der Waals surface area contributed by atoms with Gasteiger partial charge in [-0.05, 0) is 95.2 Å². The Morgan fingerprint density at radius 3 is 2.12 bits per heavy atom. The quantitative estimate of drug-likeness (QED) is 0.847. The van der Waals surface area contributed by atoms with Crippen molar-refractivity contribution in [3.05, 3.63) is 29.8 Å². The Morgan fingerprint density at radius 1 is 1.00 bits per heavy atom. The van der Waals surface area contributed by atoms with Gasteiger partial charge in [0.25, 0.3) is 5.91 Å². The van der Waals surface area contributed by atoms with Crippen molar-refractivity contribution in [3.8, 4) is 0 Å². The first-order valence-electron chi connectivity index (χ1n) is 9.96. The van der Waals surface area contributed by atoms with Gasteiger partial charge in [-0.1, -0.05) is 6.07 Å². The zero-order chi connectivity index (χ0) is 18.5. The predicted octanol–water partition coefficient (Wildman–Crippen LogP) is 4.37. The van der Waals surface area contributed by atoms with Gasteiger partial charge in [0.1, 0.15) is 0 Å². The molecule has 2 amide bonds. The maximum atomic E-state index is 13.2. The van der Waals surface area contributed by atoms with Crippen LogP contribution in [0.25, 0.3) is 0 Å². The van der Waals surface area contributed by atoms with E-state index in [0.29, 0.717) is 5.56 Å². The molecule has 1 aromatic rings. The van der Waals surface area contributed by atoms with Crippen LogP contribution in [-0.4, -0.2) is 17.4 Å². The molecule has 1 aromatic carbocycles. The minimum absolute atomic E-state index is 0.108. The lowest BCUT2D eigenvalue weighted by atomic mass is 9.49. The van der Waals surface area contributed by atoms with Gasteiger partial charge in [0.2, 0.25) is 5.91 Å². The standard InChI is InChI=1S/C22H30N2O2/c1-21(2,3)24-19(25)17-5-4-6-18(10-17)23-20(26)22-11-14-7-15(12-22)9-16(8-14)13-22/h4-6,10,14-16H,7-9,11-13H2,1-3H3,(H,23,26)(H,24,25). The monoisotopic (exact) mass is 354 g/mol. The number of amides is 2. The van der Waals surface area contributed by atoms with Gasteiger partial charge < -0.3 is 10.6 Å². The average Bonchev–Trinajstić information content (AvgIpc) is 2.52. The second kappa shape index (κ2) is 6.11. The van der Waals surface area contributed by atoms with Crippen molar-refractivity contribution in [2.24, 2.45) is 23.2 Å². The minimum Gasteiger partial charge on any atom is -0.347 e. The first-order chi connectivity index (χ1) is 12.2. The number of hydrogen-bond donors (Lipinski definition) is 2. The number of hydrogen-bond acceptors (Lipinski definition) is 2. The number of benzene rings is 1. The van der Waals surface area contributed by atoms with E-state index in [1.807, 2.05) is 32.9 Å². The highest BCUT2D eigenvalue weighted by Gasteiger charge is 2.54. The van der Waals surface area contributed by atoms with Crippen molar-refractivity contribution in [1.82, 2.24) is 5.32 Å². The Labute approximate surface area is 156 Å². The van der Waals surface area contributed by atoms with Crippen molar-refractivity contribution >= 4 is 17.5 Å². The number of carbonyl (C=O) groups is 2. The number of anilines is 1. The molecule has 4 heteroatoms. The Balaban J connectivity index is 1.48. The van der Waals surface area contributed by atoms with Gasteiger partial charge in [-0.25, -0.2) is 0 Å². The van der Waals surface area contributed by atoms with Crippen LogP contribution in [0.5, 0.6) is 0 Å². The molecule has 4 nitrogen and oxygen atoms in total. The molecule has 0 aromatic heterocycles. The summed E-state index contributed by atoms with van der Waals surface area (Å²) in [7, 11) is 0. The predicted molar refractivity (Wildman–Crippen MR) is 103 cm³/mol. The van der Waals surface area contributed by atoms with Crippen LogP contribution in [0.3, 0.4) is 0 Å². The molecule has 4 saturated carbocycles. The maximum absolute atomic E-state index is 13.2. The summed E-state index contributed by atoms with van der Waals surface area (Å²) in [6, 6.07) is 7.31. The van der Waals surface area contributed by atoms with E-state index < -0.39 is 0 Å². The second-order valence-corrected chi connectivity index (χ2v) is 9.94. The van der Waals surface area contributed by atoms with E-state index in [-0.39, 0.29) is 22.8 Å². The average molecular weight is 354 g/mol. The van der Waals surface area contributed by atoms with Gasteiger partial charge in [0.15, 0.2) is 0 Å². The van der Waals surface area contributed by atoms with Crippen LogP contribution in [0, 0.1) is 23.2 Å². The lowest BCUT2D eigenvalue weighted by molar-refractivity contribution is -0.140. The van der Waals surface area contributed by atoms with Crippen LogP contribution < -0.4 is 10.6 Å². The minimum atomic E-state index is -0.282. The third-order valence-electron chi connectivity index (χ3n) is 6.39.